The lowest BCUT2D eigenvalue weighted by molar-refractivity contribution is -0.140. The number of halogens is 4. The zero-order chi connectivity index (χ0) is 19.4. The van der Waals surface area contributed by atoms with E-state index in [2.05, 4.69) is 0 Å². The third-order valence-electron chi connectivity index (χ3n) is 4.30. The van der Waals surface area contributed by atoms with Crippen molar-refractivity contribution in [2.24, 2.45) is 0 Å². The molecule has 8 heteroatoms. The SMILES string of the molecule is O=S1(=O)c2ccccc2[SH](c2ccc(F)c(C(F)(F)F)c2)c2ccccc21. The second-order valence-electron chi connectivity index (χ2n) is 5.94. The lowest BCUT2D eigenvalue weighted by atomic mass is 10.2. The van der Waals surface area contributed by atoms with Gasteiger partial charge in [0.15, 0.2) is 0 Å². The van der Waals surface area contributed by atoms with E-state index in [1.165, 1.54) is 18.2 Å². The molecule has 0 N–H and O–H groups in total. The number of hydrogen-bond donors (Lipinski definition) is 1. The summed E-state index contributed by atoms with van der Waals surface area (Å²) in [6.07, 6.45) is -4.84. The fourth-order valence-electron chi connectivity index (χ4n) is 3.13. The lowest BCUT2D eigenvalue weighted by Gasteiger charge is -2.32. The average Bonchev–Trinajstić information content (AvgIpc) is 2.62. The minimum absolute atomic E-state index is 0.0766. The molecule has 140 valence electrons. The molecule has 27 heavy (non-hydrogen) atoms. The molecule has 0 spiro atoms. The standard InChI is InChI=1S/C19H12F4O2S2/c20-14-10-9-12(11-13(14)19(21,22)23)26-15-5-1-3-7-17(15)27(24,25)18-8-4-2-6-16(18)26/h1-11,26H. The Morgan fingerprint density at radius 3 is 1.81 bits per heavy atom. The predicted molar refractivity (Wildman–Crippen MR) is 93.5 cm³/mol. The van der Waals surface area contributed by atoms with E-state index in [4.69, 9.17) is 0 Å². The van der Waals surface area contributed by atoms with Gasteiger partial charge in [0.25, 0.3) is 0 Å². The van der Waals surface area contributed by atoms with Crippen molar-refractivity contribution >= 4 is 20.7 Å². The number of alkyl halides is 3. The number of rotatable bonds is 1. The van der Waals surface area contributed by atoms with Crippen molar-refractivity contribution in [2.75, 3.05) is 0 Å². The van der Waals surface area contributed by atoms with Gasteiger partial charge in [-0.05, 0) is 47.4 Å². The van der Waals surface area contributed by atoms with Crippen molar-refractivity contribution < 1.29 is 26.0 Å². The van der Waals surface area contributed by atoms with E-state index in [1.807, 2.05) is 0 Å². The van der Waals surface area contributed by atoms with Crippen molar-refractivity contribution in [1.29, 1.82) is 0 Å². The Hall–Kier alpha value is -2.32. The number of benzene rings is 3. The van der Waals surface area contributed by atoms with Gasteiger partial charge in [0.1, 0.15) is 5.82 Å². The molecule has 1 aliphatic rings. The van der Waals surface area contributed by atoms with E-state index in [-0.39, 0.29) is 14.7 Å². The van der Waals surface area contributed by atoms with Crippen LogP contribution in [0.1, 0.15) is 5.56 Å². The van der Waals surface area contributed by atoms with Gasteiger partial charge in [-0.25, -0.2) is 12.8 Å². The summed E-state index contributed by atoms with van der Waals surface area (Å²) in [6.45, 7) is 0. The van der Waals surface area contributed by atoms with Crippen LogP contribution in [0.15, 0.2) is 91.2 Å². The Morgan fingerprint density at radius 1 is 0.778 bits per heavy atom. The first-order valence-electron chi connectivity index (χ1n) is 7.81. The molecule has 4 rings (SSSR count). The van der Waals surface area contributed by atoms with Gasteiger partial charge in [-0.15, -0.1) is 0 Å². The van der Waals surface area contributed by atoms with Crippen molar-refractivity contribution in [3.05, 3.63) is 78.1 Å². The van der Waals surface area contributed by atoms with E-state index in [1.54, 1.807) is 36.4 Å². The molecule has 0 atom stereocenters. The molecule has 3 aromatic carbocycles. The third-order valence-corrected chi connectivity index (χ3v) is 9.02. The highest BCUT2D eigenvalue weighted by atomic mass is 32.2. The minimum atomic E-state index is -4.84. The van der Waals surface area contributed by atoms with Crippen LogP contribution in [0.2, 0.25) is 0 Å². The molecule has 0 aliphatic carbocycles. The van der Waals surface area contributed by atoms with Gasteiger partial charge in [-0.2, -0.15) is 24.1 Å². The van der Waals surface area contributed by atoms with Crippen LogP contribution in [0.25, 0.3) is 0 Å². The smallest absolute Gasteiger partial charge is 0.218 e. The molecule has 0 amide bonds. The summed E-state index contributed by atoms with van der Waals surface area (Å²) in [7, 11) is -5.35. The highest BCUT2D eigenvalue weighted by Gasteiger charge is 2.37. The normalized spacial score (nSPS) is 16.5. The van der Waals surface area contributed by atoms with Gasteiger partial charge >= 0.3 is 6.18 Å². The quantitative estimate of drug-likeness (QED) is 0.332. The molecule has 2 nitrogen and oxygen atoms in total. The molecular weight excluding hydrogens is 400 g/mol. The summed E-state index contributed by atoms with van der Waals surface area (Å²) < 4.78 is 79.1. The summed E-state index contributed by atoms with van der Waals surface area (Å²) in [4.78, 5) is 1.27. The maximum atomic E-state index is 13.7. The zero-order valence-electron chi connectivity index (χ0n) is 13.5. The average molecular weight is 412 g/mol. The predicted octanol–water partition coefficient (Wildman–Crippen LogP) is 5.47. The number of thiol groups is 1. The van der Waals surface area contributed by atoms with E-state index in [0.717, 1.165) is 12.1 Å². The molecule has 0 unspecified atom stereocenters. The first kappa shape index (κ1) is 18.1. The molecule has 1 heterocycles. The zero-order valence-corrected chi connectivity index (χ0v) is 15.2. The van der Waals surface area contributed by atoms with Crippen LogP contribution in [-0.4, -0.2) is 8.42 Å². The van der Waals surface area contributed by atoms with E-state index < -0.39 is 38.3 Å². The number of fused-ring (bicyclic) bond motifs is 2. The maximum absolute atomic E-state index is 13.7. The van der Waals surface area contributed by atoms with Crippen LogP contribution >= 0.6 is 10.9 Å². The Morgan fingerprint density at radius 2 is 1.30 bits per heavy atom. The third kappa shape index (κ3) is 2.83. The Bertz CT molecular complexity index is 1100. The minimum Gasteiger partial charge on any atom is -0.218 e. The fourth-order valence-corrected chi connectivity index (χ4v) is 8.20. The molecule has 0 bridgehead atoms. The monoisotopic (exact) mass is 412 g/mol. The highest BCUT2D eigenvalue weighted by molar-refractivity contribution is 8.18. The van der Waals surface area contributed by atoms with Gasteiger partial charge in [0.2, 0.25) is 9.84 Å². The molecule has 0 aromatic heterocycles. The summed E-state index contributed by atoms with van der Waals surface area (Å²) in [5.74, 6) is -1.35. The second kappa shape index (κ2) is 6.10. The molecule has 1 aliphatic heterocycles. The number of hydrogen-bond acceptors (Lipinski definition) is 2. The van der Waals surface area contributed by atoms with Gasteiger partial charge in [0.05, 0.1) is 15.4 Å². The Labute approximate surface area is 155 Å². The Kier molecular flexibility index (Phi) is 4.08. The van der Waals surface area contributed by atoms with Crippen LogP contribution in [0.3, 0.4) is 0 Å². The van der Waals surface area contributed by atoms with E-state index >= 15 is 0 Å². The van der Waals surface area contributed by atoms with Gasteiger partial charge in [0, 0.05) is 9.79 Å². The van der Waals surface area contributed by atoms with Crippen molar-refractivity contribution in [3.8, 4) is 0 Å². The second-order valence-corrected chi connectivity index (χ2v) is 9.97. The van der Waals surface area contributed by atoms with Crippen LogP contribution in [-0.2, 0) is 16.0 Å². The van der Waals surface area contributed by atoms with Gasteiger partial charge in [-0.3, -0.25) is 0 Å². The molecule has 0 saturated carbocycles. The van der Waals surface area contributed by atoms with Crippen molar-refractivity contribution in [3.63, 3.8) is 0 Å². The van der Waals surface area contributed by atoms with E-state index in [0.29, 0.717) is 9.79 Å². The van der Waals surface area contributed by atoms with Crippen molar-refractivity contribution in [2.45, 2.75) is 30.7 Å². The molecule has 0 radical (unpaired) electrons. The molecular formula is C19H12F4O2S2. The first-order chi connectivity index (χ1) is 12.7. The molecule has 3 aromatic rings. The van der Waals surface area contributed by atoms with E-state index in [9.17, 15) is 26.0 Å². The van der Waals surface area contributed by atoms with Crippen LogP contribution in [0.5, 0.6) is 0 Å². The summed E-state index contributed by atoms with van der Waals surface area (Å²) in [5, 5.41) is 0. The van der Waals surface area contributed by atoms with Gasteiger partial charge < -0.3 is 0 Å². The van der Waals surface area contributed by atoms with Gasteiger partial charge in [-0.1, -0.05) is 24.3 Å². The molecule has 0 fully saturated rings. The summed E-state index contributed by atoms with van der Waals surface area (Å²) in [6, 6.07) is 15.4. The number of sulfone groups is 1. The topological polar surface area (TPSA) is 34.1 Å². The Balaban J connectivity index is 2.03. The van der Waals surface area contributed by atoms with Crippen LogP contribution < -0.4 is 0 Å². The maximum Gasteiger partial charge on any atom is 0.419 e. The fraction of sp³-hybridized carbons (Fsp3) is 0.0526. The first-order valence-corrected chi connectivity index (χ1v) is 10.6. The van der Waals surface area contributed by atoms with Crippen LogP contribution in [0.4, 0.5) is 17.6 Å². The summed E-state index contributed by atoms with van der Waals surface area (Å²) in [5.41, 5.74) is -1.36. The molecule has 0 saturated heterocycles. The van der Waals surface area contributed by atoms with Crippen molar-refractivity contribution in [1.82, 2.24) is 0 Å². The van der Waals surface area contributed by atoms with Crippen LogP contribution in [0, 0.1) is 5.82 Å². The summed E-state index contributed by atoms with van der Waals surface area (Å²) >= 11 is 0. The highest BCUT2D eigenvalue weighted by Crippen LogP contribution is 2.59. The lowest BCUT2D eigenvalue weighted by Crippen LogP contribution is -2.13. The largest absolute Gasteiger partial charge is 0.419 e.